The van der Waals surface area contributed by atoms with E-state index in [1.807, 2.05) is 7.05 Å². The maximum Gasteiger partial charge on any atom is 0.0369 e. The van der Waals surface area contributed by atoms with E-state index in [0.29, 0.717) is 0 Å². The van der Waals surface area contributed by atoms with Gasteiger partial charge in [-0.1, -0.05) is 26.3 Å². The maximum atomic E-state index is 3.22. The summed E-state index contributed by atoms with van der Waals surface area (Å²) in [5.41, 5.74) is 4.13. The molecule has 0 saturated carbocycles. The molecule has 0 amide bonds. The molecule has 18 heavy (non-hydrogen) atoms. The lowest BCUT2D eigenvalue weighted by molar-refractivity contribution is 0.548. The van der Waals surface area contributed by atoms with Crippen molar-refractivity contribution in [3.63, 3.8) is 0 Å². The van der Waals surface area contributed by atoms with Gasteiger partial charge in [-0.15, -0.1) is 0 Å². The van der Waals surface area contributed by atoms with Crippen molar-refractivity contribution in [1.29, 1.82) is 0 Å². The molecule has 1 aromatic carbocycles. The Hall–Kier alpha value is -1.02. The standard InChI is InChI=1S/C16H28N2/c1-6-13(3)12-18(7-2)16-9-8-15(11-17-5)14(4)10-16/h8-10,13,17H,6-7,11-12H2,1-5H3. The van der Waals surface area contributed by atoms with Crippen LogP contribution in [0.3, 0.4) is 0 Å². The number of nitrogens with zero attached hydrogens (tertiary/aromatic N) is 1. The van der Waals surface area contributed by atoms with Gasteiger partial charge in [0.2, 0.25) is 0 Å². The molecule has 0 aliphatic rings. The summed E-state index contributed by atoms with van der Waals surface area (Å²) >= 11 is 0. The van der Waals surface area contributed by atoms with Gasteiger partial charge in [-0.3, -0.25) is 0 Å². The van der Waals surface area contributed by atoms with Crippen LogP contribution in [0.15, 0.2) is 18.2 Å². The normalized spacial score (nSPS) is 12.5. The Morgan fingerprint density at radius 3 is 2.50 bits per heavy atom. The Morgan fingerprint density at radius 1 is 1.28 bits per heavy atom. The van der Waals surface area contributed by atoms with Crippen LogP contribution in [0.1, 0.15) is 38.3 Å². The van der Waals surface area contributed by atoms with Crippen LogP contribution in [-0.4, -0.2) is 20.1 Å². The second-order valence-corrected chi connectivity index (χ2v) is 5.19. The van der Waals surface area contributed by atoms with E-state index < -0.39 is 0 Å². The number of aryl methyl sites for hydroxylation is 1. The van der Waals surface area contributed by atoms with Gasteiger partial charge in [-0.25, -0.2) is 0 Å². The van der Waals surface area contributed by atoms with E-state index in [9.17, 15) is 0 Å². The molecule has 1 N–H and O–H groups in total. The Kier molecular flexibility index (Phi) is 6.20. The smallest absolute Gasteiger partial charge is 0.0369 e. The quantitative estimate of drug-likeness (QED) is 0.793. The molecule has 1 atom stereocenters. The first-order chi connectivity index (χ1) is 8.62. The maximum absolute atomic E-state index is 3.22. The summed E-state index contributed by atoms with van der Waals surface area (Å²) in [5, 5.41) is 3.22. The van der Waals surface area contributed by atoms with Crippen LogP contribution in [0.25, 0.3) is 0 Å². The van der Waals surface area contributed by atoms with E-state index in [1.54, 1.807) is 0 Å². The summed E-state index contributed by atoms with van der Waals surface area (Å²) in [6.07, 6.45) is 1.24. The van der Waals surface area contributed by atoms with Crippen LogP contribution in [0.5, 0.6) is 0 Å². The van der Waals surface area contributed by atoms with Gasteiger partial charge in [0.15, 0.2) is 0 Å². The van der Waals surface area contributed by atoms with Gasteiger partial charge in [0.05, 0.1) is 0 Å². The zero-order valence-electron chi connectivity index (χ0n) is 12.6. The van der Waals surface area contributed by atoms with Crippen molar-refractivity contribution < 1.29 is 0 Å². The lowest BCUT2D eigenvalue weighted by Crippen LogP contribution is -2.28. The minimum absolute atomic E-state index is 0.752. The SMILES string of the molecule is CCC(C)CN(CC)c1ccc(CNC)c(C)c1. The summed E-state index contributed by atoms with van der Waals surface area (Å²) in [7, 11) is 1.99. The number of nitrogens with one attached hydrogen (secondary N) is 1. The highest BCUT2D eigenvalue weighted by Crippen LogP contribution is 2.20. The number of hydrogen-bond acceptors (Lipinski definition) is 2. The van der Waals surface area contributed by atoms with E-state index in [2.05, 4.69) is 56.1 Å². The number of hydrogen-bond donors (Lipinski definition) is 1. The summed E-state index contributed by atoms with van der Waals surface area (Å²) < 4.78 is 0. The molecule has 0 saturated heterocycles. The highest BCUT2D eigenvalue weighted by Gasteiger charge is 2.09. The van der Waals surface area contributed by atoms with Gasteiger partial charge in [0, 0.05) is 25.3 Å². The first-order valence-electron chi connectivity index (χ1n) is 7.11. The van der Waals surface area contributed by atoms with Crippen molar-refractivity contribution in [3.05, 3.63) is 29.3 Å². The van der Waals surface area contributed by atoms with Crippen LogP contribution in [0.2, 0.25) is 0 Å². The Morgan fingerprint density at radius 2 is 2.00 bits per heavy atom. The Labute approximate surface area is 112 Å². The summed E-state index contributed by atoms with van der Waals surface area (Å²) in [5.74, 6) is 0.752. The molecule has 2 nitrogen and oxygen atoms in total. The van der Waals surface area contributed by atoms with Gasteiger partial charge < -0.3 is 10.2 Å². The molecule has 102 valence electrons. The molecular formula is C16H28N2. The lowest BCUT2D eigenvalue weighted by Gasteiger charge is -2.27. The number of anilines is 1. The van der Waals surface area contributed by atoms with Crippen LogP contribution in [0.4, 0.5) is 5.69 Å². The predicted molar refractivity (Wildman–Crippen MR) is 81.3 cm³/mol. The third kappa shape index (κ3) is 4.02. The average Bonchev–Trinajstić information content (AvgIpc) is 2.38. The van der Waals surface area contributed by atoms with Gasteiger partial charge in [-0.2, -0.15) is 0 Å². The van der Waals surface area contributed by atoms with Gasteiger partial charge in [0.1, 0.15) is 0 Å². The summed E-state index contributed by atoms with van der Waals surface area (Å²) in [6.45, 7) is 12.2. The van der Waals surface area contributed by atoms with Crippen molar-refractivity contribution in [2.45, 2.75) is 40.7 Å². The van der Waals surface area contributed by atoms with E-state index in [4.69, 9.17) is 0 Å². The Balaban J connectivity index is 2.83. The van der Waals surface area contributed by atoms with Crippen molar-refractivity contribution in [2.75, 3.05) is 25.0 Å². The molecule has 0 bridgehead atoms. The van der Waals surface area contributed by atoms with E-state index in [-0.39, 0.29) is 0 Å². The molecule has 2 heteroatoms. The molecule has 0 radical (unpaired) electrons. The van der Waals surface area contributed by atoms with Gasteiger partial charge in [0.25, 0.3) is 0 Å². The van der Waals surface area contributed by atoms with E-state index in [0.717, 1.165) is 25.6 Å². The molecule has 0 spiro atoms. The van der Waals surface area contributed by atoms with Crippen molar-refractivity contribution in [3.8, 4) is 0 Å². The molecule has 0 heterocycles. The Bertz CT molecular complexity index is 360. The monoisotopic (exact) mass is 248 g/mol. The molecular weight excluding hydrogens is 220 g/mol. The van der Waals surface area contributed by atoms with Gasteiger partial charge in [-0.05, 0) is 50.1 Å². The molecule has 0 aromatic heterocycles. The minimum Gasteiger partial charge on any atom is -0.372 e. The topological polar surface area (TPSA) is 15.3 Å². The van der Waals surface area contributed by atoms with Crippen molar-refractivity contribution >= 4 is 5.69 Å². The number of rotatable bonds is 7. The highest BCUT2D eigenvalue weighted by atomic mass is 15.1. The molecule has 1 unspecified atom stereocenters. The summed E-state index contributed by atoms with van der Waals surface area (Å²) in [6, 6.07) is 6.82. The van der Waals surface area contributed by atoms with Crippen molar-refractivity contribution in [1.82, 2.24) is 5.32 Å². The number of benzene rings is 1. The van der Waals surface area contributed by atoms with Gasteiger partial charge >= 0.3 is 0 Å². The lowest BCUT2D eigenvalue weighted by atomic mass is 10.1. The first kappa shape index (κ1) is 15.0. The minimum atomic E-state index is 0.752. The van der Waals surface area contributed by atoms with E-state index in [1.165, 1.54) is 23.2 Å². The predicted octanol–water partition coefficient (Wildman–Crippen LogP) is 3.59. The van der Waals surface area contributed by atoms with E-state index >= 15 is 0 Å². The van der Waals surface area contributed by atoms with Crippen LogP contribution < -0.4 is 10.2 Å². The third-order valence-electron chi connectivity index (χ3n) is 3.67. The fourth-order valence-corrected chi connectivity index (χ4v) is 2.19. The third-order valence-corrected chi connectivity index (χ3v) is 3.67. The molecule has 0 fully saturated rings. The summed E-state index contributed by atoms with van der Waals surface area (Å²) in [4.78, 5) is 2.48. The zero-order chi connectivity index (χ0) is 13.5. The van der Waals surface area contributed by atoms with Crippen LogP contribution in [-0.2, 0) is 6.54 Å². The molecule has 1 aromatic rings. The van der Waals surface area contributed by atoms with Crippen LogP contribution in [0, 0.1) is 12.8 Å². The fraction of sp³-hybridized carbons (Fsp3) is 0.625. The largest absolute Gasteiger partial charge is 0.372 e. The zero-order valence-corrected chi connectivity index (χ0v) is 12.6. The first-order valence-corrected chi connectivity index (χ1v) is 7.11. The van der Waals surface area contributed by atoms with Crippen LogP contribution >= 0.6 is 0 Å². The second-order valence-electron chi connectivity index (χ2n) is 5.19. The van der Waals surface area contributed by atoms with Crippen molar-refractivity contribution in [2.24, 2.45) is 5.92 Å². The molecule has 0 aliphatic heterocycles. The molecule has 0 aliphatic carbocycles. The fourth-order valence-electron chi connectivity index (χ4n) is 2.19. The second kappa shape index (κ2) is 7.42. The highest BCUT2D eigenvalue weighted by molar-refractivity contribution is 5.50. The molecule has 1 rings (SSSR count). The average molecular weight is 248 g/mol.